The molecule has 26 heavy (non-hydrogen) atoms. The van der Waals surface area contributed by atoms with Crippen LogP contribution in [0.4, 0.5) is 11.9 Å². The Bertz CT molecular complexity index is 1040. The van der Waals surface area contributed by atoms with Gasteiger partial charge < -0.3 is 26.5 Å². The number of anilines is 2. The normalized spacial score (nSPS) is 10.5. The van der Waals surface area contributed by atoms with Gasteiger partial charge in [0.05, 0.1) is 27.6 Å². The molecule has 0 unspecified atom stereocenters. The van der Waals surface area contributed by atoms with Crippen LogP contribution >= 0.6 is 0 Å². The Kier molecular flexibility index (Phi) is 4.27. The highest BCUT2D eigenvalue weighted by atomic mass is 16.4. The van der Waals surface area contributed by atoms with Gasteiger partial charge in [0, 0.05) is 5.56 Å². The van der Waals surface area contributed by atoms with Crippen LogP contribution in [0.5, 0.6) is 0 Å². The van der Waals surface area contributed by atoms with Crippen molar-refractivity contribution in [3.05, 3.63) is 47.5 Å². The van der Waals surface area contributed by atoms with Crippen LogP contribution < -0.4 is 11.5 Å². The van der Waals surface area contributed by atoms with E-state index in [0.717, 1.165) is 11.0 Å². The average Bonchev–Trinajstić information content (AvgIpc) is 3.13. The maximum atomic E-state index is 11.0. The van der Waals surface area contributed by atoms with Gasteiger partial charge in [-0.25, -0.2) is 14.8 Å². The second kappa shape index (κ2) is 6.55. The molecule has 0 fully saturated rings. The van der Waals surface area contributed by atoms with E-state index in [-0.39, 0.29) is 17.3 Å². The Hall–Kier alpha value is -3.88. The minimum Gasteiger partial charge on any atom is -0.478 e. The van der Waals surface area contributed by atoms with Crippen LogP contribution in [0.15, 0.2) is 36.4 Å². The van der Waals surface area contributed by atoms with Crippen molar-refractivity contribution in [3.63, 3.8) is 0 Å². The van der Waals surface area contributed by atoms with Crippen molar-refractivity contribution in [2.75, 3.05) is 11.5 Å². The summed E-state index contributed by atoms with van der Waals surface area (Å²) in [5.74, 6) is -0.265. The zero-order valence-electron chi connectivity index (χ0n) is 13.8. The summed E-state index contributed by atoms with van der Waals surface area (Å²) >= 11 is 0. The lowest BCUT2D eigenvalue weighted by molar-refractivity contribution is 0.0696. The molecule has 132 valence electrons. The van der Waals surface area contributed by atoms with Crippen LogP contribution in [0.25, 0.3) is 22.1 Å². The first-order valence-electron chi connectivity index (χ1n) is 7.58. The monoisotopic (exact) mass is 352 g/mol. The third kappa shape index (κ3) is 3.46. The Balaban J connectivity index is 0.000000151. The first-order chi connectivity index (χ1) is 12.3. The number of hydrogen-bond donors (Lipinski definition) is 5. The lowest BCUT2D eigenvalue weighted by atomic mass is 10.1. The molecule has 0 saturated carbocycles. The fraction of sp³-hybridized carbons (Fsp3) is 0.0588. The van der Waals surface area contributed by atoms with E-state index < -0.39 is 5.97 Å². The summed E-state index contributed by atoms with van der Waals surface area (Å²) in [4.78, 5) is 35.2. The standard InChI is InChI=1S/C9H9N3O.C8H7N3O2/c1-5(13)6-2-3-7-8(4-6)12-9(10)11-7;9-8-10-5-2-1-4(7(12)13)3-6(5)11-8/h2-4H,1H3,(H3,10,11,12);1-3H,(H,12,13)(H3,9,10,11). The number of carboxylic acids is 1. The Labute approximate surface area is 147 Å². The van der Waals surface area contributed by atoms with E-state index in [0.29, 0.717) is 22.5 Å². The molecule has 2 aromatic heterocycles. The molecule has 0 spiro atoms. The number of carbonyl (C=O) groups excluding carboxylic acids is 1. The van der Waals surface area contributed by atoms with Crippen molar-refractivity contribution in [1.29, 1.82) is 0 Å². The lowest BCUT2D eigenvalue weighted by Crippen LogP contribution is -1.94. The van der Waals surface area contributed by atoms with E-state index >= 15 is 0 Å². The largest absolute Gasteiger partial charge is 0.478 e. The zero-order valence-corrected chi connectivity index (χ0v) is 13.8. The summed E-state index contributed by atoms with van der Waals surface area (Å²) in [5, 5.41) is 8.69. The summed E-state index contributed by atoms with van der Waals surface area (Å²) < 4.78 is 0. The number of nitrogens with two attached hydrogens (primary N) is 2. The number of aromatic amines is 2. The molecule has 0 bridgehead atoms. The summed E-state index contributed by atoms with van der Waals surface area (Å²) in [5.41, 5.74) is 14.6. The molecule has 0 amide bonds. The molecule has 0 atom stereocenters. The number of imidazole rings is 2. The molecule has 0 aliphatic carbocycles. The first kappa shape index (κ1) is 17.0. The maximum Gasteiger partial charge on any atom is 0.335 e. The van der Waals surface area contributed by atoms with Crippen molar-refractivity contribution in [1.82, 2.24) is 19.9 Å². The number of carbonyl (C=O) groups is 2. The van der Waals surface area contributed by atoms with Crippen LogP contribution in [0, 0.1) is 0 Å². The number of benzene rings is 2. The highest BCUT2D eigenvalue weighted by Crippen LogP contribution is 2.15. The summed E-state index contributed by atoms with van der Waals surface area (Å²) in [7, 11) is 0. The molecule has 4 rings (SSSR count). The van der Waals surface area contributed by atoms with Gasteiger partial charge in [0.1, 0.15) is 0 Å². The van der Waals surface area contributed by atoms with E-state index in [1.165, 1.54) is 19.1 Å². The van der Waals surface area contributed by atoms with Crippen LogP contribution in [0.1, 0.15) is 27.6 Å². The van der Waals surface area contributed by atoms with E-state index in [1.807, 2.05) is 0 Å². The molecule has 0 aliphatic heterocycles. The van der Waals surface area contributed by atoms with Crippen LogP contribution in [-0.4, -0.2) is 36.8 Å². The number of H-pyrrole nitrogens is 2. The van der Waals surface area contributed by atoms with E-state index in [1.54, 1.807) is 24.3 Å². The number of fused-ring (bicyclic) bond motifs is 2. The molecule has 9 heteroatoms. The van der Waals surface area contributed by atoms with Crippen LogP contribution in [0.3, 0.4) is 0 Å². The molecule has 2 aromatic carbocycles. The predicted octanol–water partition coefficient (Wildman–Crippen LogP) is 2.19. The van der Waals surface area contributed by atoms with E-state index in [4.69, 9.17) is 16.6 Å². The average molecular weight is 352 g/mol. The third-order valence-corrected chi connectivity index (χ3v) is 3.65. The number of rotatable bonds is 2. The second-order valence-corrected chi connectivity index (χ2v) is 5.57. The summed E-state index contributed by atoms with van der Waals surface area (Å²) in [6.07, 6.45) is 0. The molecular weight excluding hydrogens is 336 g/mol. The van der Waals surface area contributed by atoms with Gasteiger partial charge in [-0.05, 0) is 43.3 Å². The van der Waals surface area contributed by atoms with Crippen LogP contribution in [0.2, 0.25) is 0 Å². The summed E-state index contributed by atoms with van der Waals surface area (Å²) in [6, 6.07) is 9.88. The number of nitrogen functional groups attached to an aromatic ring is 2. The summed E-state index contributed by atoms with van der Waals surface area (Å²) in [6.45, 7) is 1.53. The highest BCUT2D eigenvalue weighted by Gasteiger charge is 2.05. The van der Waals surface area contributed by atoms with Crippen molar-refractivity contribution in [2.45, 2.75) is 6.92 Å². The van der Waals surface area contributed by atoms with Crippen molar-refractivity contribution in [3.8, 4) is 0 Å². The molecular formula is C17H16N6O3. The number of nitrogens with zero attached hydrogens (tertiary/aromatic N) is 2. The van der Waals surface area contributed by atoms with Gasteiger partial charge >= 0.3 is 5.97 Å². The van der Waals surface area contributed by atoms with Gasteiger partial charge in [0.15, 0.2) is 17.7 Å². The number of aromatic carboxylic acids is 1. The predicted molar refractivity (Wildman–Crippen MR) is 98.0 cm³/mol. The van der Waals surface area contributed by atoms with E-state index in [2.05, 4.69) is 19.9 Å². The number of ketones is 1. The fourth-order valence-electron chi connectivity index (χ4n) is 2.41. The zero-order chi connectivity index (χ0) is 18.8. The minimum absolute atomic E-state index is 0.0371. The molecule has 0 saturated heterocycles. The van der Waals surface area contributed by atoms with Gasteiger partial charge in [0.2, 0.25) is 0 Å². The SMILES string of the molecule is CC(=O)c1ccc2nc(N)[nH]c2c1.Nc1nc2ccc(C(=O)O)cc2[nH]1. The smallest absolute Gasteiger partial charge is 0.335 e. The van der Waals surface area contributed by atoms with Gasteiger partial charge in [-0.3, -0.25) is 4.79 Å². The number of nitrogens with one attached hydrogen (secondary N) is 2. The molecule has 9 nitrogen and oxygen atoms in total. The van der Waals surface area contributed by atoms with Crippen molar-refractivity contribution < 1.29 is 14.7 Å². The Morgan fingerprint density at radius 1 is 0.885 bits per heavy atom. The number of Topliss-reactive ketones (excluding diaryl/α,β-unsaturated/α-hetero) is 1. The molecule has 7 N–H and O–H groups in total. The van der Waals surface area contributed by atoms with Crippen molar-refractivity contribution >= 4 is 45.7 Å². The second-order valence-electron chi connectivity index (χ2n) is 5.57. The lowest BCUT2D eigenvalue weighted by Gasteiger charge is -1.93. The fourth-order valence-corrected chi connectivity index (χ4v) is 2.41. The van der Waals surface area contributed by atoms with Gasteiger partial charge in [0.25, 0.3) is 0 Å². The van der Waals surface area contributed by atoms with E-state index in [9.17, 15) is 9.59 Å². The number of hydrogen-bond acceptors (Lipinski definition) is 6. The van der Waals surface area contributed by atoms with Gasteiger partial charge in [-0.2, -0.15) is 0 Å². The Morgan fingerprint density at radius 2 is 1.35 bits per heavy atom. The van der Waals surface area contributed by atoms with Gasteiger partial charge in [-0.15, -0.1) is 0 Å². The number of carboxylic acid groups (broad SMARTS) is 1. The van der Waals surface area contributed by atoms with Gasteiger partial charge in [-0.1, -0.05) is 0 Å². The highest BCUT2D eigenvalue weighted by molar-refractivity contribution is 5.97. The maximum absolute atomic E-state index is 11.0. The first-order valence-corrected chi connectivity index (χ1v) is 7.58. The van der Waals surface area contributed by atoms with Crippen molar-refractivity contribution in [2.24, 2.45) is 0 Å². The molecule has 0 radical (unpaired) electrons. The third-order valence-electron chi connectivity index (χ3n) is 3.65. The topological polar surface area (TPSA) is 164 Å². The molecule has 2 heterocycles. The van der Waals surface area contributed by atoms with Crippen LogP contribution in [-0.2, 0) is 0 Å². The molecule has 4 aromatic rings. The minimum atomic E-state index is -0.963. The molecule has 0 aliphatic rings. The quantitative estimate of drug-likeness (QED) is 0.345. The number of aromatic nitrogens is 4. The Morgan fingerprint density at radius 3 is 1.81 bits per heavy atom.